The van der Waals surface area contributed by atoms with Crippen molar-refractivity contribution < 1.29 is 18.8 Å². The van der Waals surface area contributed by atoms with Crippen molar-refractivity contribution in [2.24, 2.45) is 0 Å². The minimum atomic E-state index is -4.63. The second-order valence-electron chi connectivity index (χ2n) is 8.85. The van der Waals surface area contributed by atoms with Crippen LogP contribution in [-0.2, 0) is 4.57 Å². The zero-order valence-electron chi connectivity index (χ0n) is 18.8. The predicted octanol–water partition coefficient (Wildman–Crippen LogP) is 5.73. The van der Waals surface area contributed by atoms with E-state index in [1.807, 2.05) is 49.4 Å². The maximum Gasteiger partial charge on any atom is 0.356 e. The van der Waals surface area contributed by atoms with Gasteiger partial charge in [0.15, 0.2) is 0 Å². The Kier molecular flexibility index (Phi) is 4.90. The summed E-state index contributed by atoms with van der Waals surface area (Å²) in [7, 11) is -4.63. The molecule has 5 aromatic rings. The number of hydrogen-bond donors (Lipinski definition) is 2. The fourth-order valence-corrected chi connectivity index (χ4v) is 6.16. The van der Waals surface area contributed by atoms with Gasteiger partial charge in [0.1, 0.15) is 5.58 Å². The quantitative estimate of drug-likeness (QED) is 0.249. The van der Waals surface area contributed by atoms with Crippen LogP contribution in [0.15, 0.2) is 100 Å². The van der Waals surface area contributed by atoms with Crippen LogP contribution >= 0.6 is 7.60 Å². The predicted molar refractivity (Wildman–Crippen MR) is 137 cm³/mol. The largest absolute Gasteiger partial charge is 0.423 e. The zero-order chi connectivity index (χ0) is 24.3. The number of benzene rings is 4. The first kappa shape index (κ1) is 21.8. The maximum atomic E-state index is 12.7. The molecule has 4 aromatic carbocycles. The zero-order valence-corrected chi connectivity index (χ0v) is 19.7. The molecule has 0 spiro atoms. The third kappa shape index (κ3) is 3.48. The van der Waals surface area contributed by atoms with Gasteiger partial charge in [0.05, 0.1) is 5.30 Å². The second kappa shape index (κ2) is 7.89. The van der Waals surface area contributed by atoms with E-state index in [0.717, 1.165) is 38.8 Å². The van der Waals surface area contributed by atoms with Crippen LogP contribution in [0, 0.1) is 6.92 Å². The molecule has 0 saturated carbocycles. The molecule has 5 nitrogen and oxygen atoms in total. The number of rotatable bonds is 3. The molecule has 1 heterocycles. The van der Waals surface area contributed by atoms with E-state index in [1.54, 1.807) is 12.1 Å². The Balaban J connectivity index is 1.69. The van der Waals surface area contributed by atoms with Gasteiger partial charge in [-0.2, -0.15) is 0 Å². The fraction of sp³-hybridized carbons (Fsp3) is 0.0690. The first-order chi connectivity index (χ1) is 16.8. The normalized spacial score (nSPS) is 13.1. The van der Waals surface area contributed by atoms with Crippen LogP contribution in [0.4, 0.5) is 0 Å². The average Bonchev–Trinajstić information content (AvgIpc) is 3.17. The minimum absolute atomic E-state index is 0.0498. The van der Waals surface area contributed by atoms with E-state index in [2.05, 4.69) is 24.3 Å². The van der Waals surface area contributed by atoms with Crippen molar-refractivity contribution in [2.75, 3.05) is 0 Å². The van der Waals surface area contributed by atoms with E-state index in [9.17, 15) is 19.1 Å². The highest BCUT2D eigenvalue weighted by Gasteiger charge is 2.34. The summed E-state index contributed by atoms with van der Waals surface area (Å²) in [6.07, 6.45) is 0. The molecule has 1 aliphatic rings. The number of hydrogen-bond acceptors (Lipinski definition) is 3. The molecule has 35 heavy (non-hydrogen) atoms. The van der Waals surface area contributed by atoms with Crippen molar-refractivity contribution in [1.29, 1.82) is 0 Å². The molecular formula is C29H21O5P. The van der Waals surface area contributed by atoms with Crippen LogP contribution in [0.5, 0.6) is 0 Å². The summed E-state index contributed by atoms with van der Waals surface area (Å²) in [6, 6.07) is 28.2. The third-order valence-electron chi connectivity index (χ3n) is 6.77. The van der Waals surface area contributed by atoms with Crippen molar-refractivity contribution in [2.45, 2.75) is 12.8 Å². The first-order valence-corrected chi connectivity index (χ1v) is 12.9. The summed E-state index contributed by atoms with van der Waals surface area (Å²) in [5, 5.41) is 0.728. The lowest BCUT2D eigenvalue weighted by molar-refractivity contribution is 0.387. The van der Waals surface area contributed by atoms with Gasteiger partial charge in [-0.3, -0.25) is 4.57 Å². The topological polar surface area (TPSA) is 87.7 Å². The van der Waals surface area contributed by atoms with Gasteiger partial charge in [-0.05, 0) is 58.0 Å². The third-order valence-corrected chi connectivity index (χ3v) is 7.77. The number of fused-ring (bicyclic) bond motifs is 4. The van der Waals surface area contributed by atoms with Crippen LogP contribution in [-0.4, -0.2) is 9.79 Å². The first-order valence-electron chi connectivity index (χ1n) is 11.2. The van der Waals surface area contributed by atoms with Crippen LogP contribution in [0.25, 0.3) is 33.2 Å². The molecule has 6 rings (SSSR count). The van der Waals surface area contributed by atoms with Crippen LogP contribution < -0.4 is 10.9 Å². The van der Waals surface area contributed by atoms with E-state index < -0.39 is 13.2 Å². The van der Waals surface area contributed by atoms with Crippen LogP contribution in [0.2, 0.25) is 0 Å². The Morgan fingerprint density at radius 1 is 0.771 bits per heavy atom. The molecule has 0 fully saturated rings. The highest BCUT2D eigenvalue weighted by atomic mass is 31.2. The molecule has 0 atom stereocenters. The molecule has 0 aliphatic heterocycles. The van der Waals surface area contributed by atoms with Gasteiger partial charge in [-0.15, -0.1) is 0 Å². The highest BCUT2D eigenvalue weighted by molar-refractivity contribution is 7.60. The summed E-state index contributed by atoms with van der Waals surface area (Å²) >= 11 is 0. The molecule has 0 amide bonds. The van der Waals surface area contributed by atoms with Crippen molar-refractivity contribution in [3.8, 4) is 22.3 Å². The van der Waals surface area contributed by atoms with Crippen molar-refractivity contribution in [1.82, 2.24) is 0 Å². The average molecular weight is 480 g/mol. The Bertz CT molecular complexity index is 1700. The van der Waals surface area contributed by atoms with Crippen molar-refractivity contribution in [3.63, 3.8) is 0 Å². The summed E-state index contributed by atoms with van der Waals surface area (Å²) in [4.78, 5) is 32.7. The summed E-state index contributed by atoms with van der Waals surface area (Å²) < 4.78 is 18.1. The van der Waals surface area contributed by atoms with Gasteiger partial charge in [-0.1, -0.05) is 72.8 Å². The number of aryl methyl sites for hydroxylation is 1. The molecule has 0 saturated heterocycles. The van der Waals surface area contributed by atoms with Crippen LogP contribution in [0.1, 0.15) is 28.2 Å². The van der Waals surface area contributed by atoms with Gasteiger partial charge < -0.3 is 14.2 Å². The monoisotopic (exact) mass is 480 g/mol. The molecule has 2 N–H and O–H groups in total. The van der Waals surface area contributed by atoms with E-state index in [1.165, 1.54) is 12.1 Å². The van der Waals surface area contributed by atoms with Crippen molar-refractivity contribution >= 4 is 23.9 Å². The fourth-order valence-electron chi connectivity index (χ4n) is 5.33. The Labute approximate surface area is 201 Å². The molecule has 1 aromatic heterocycles. The van der Waals surface area contributed by atoms with Gasteiger partial charge >= 0.3 is 13.2 Å². The molecule has 1 aliphatic carbocycles. The van der Waals surface area contributed by atoms with Gasteiger partial charge in [0.25, 0.3) is 0 Å². The van der Waals surface area contributed by atoms with Crippen LogP contribution in [0.3, 0.4) is 0 Å². The molecule has 0 radical (unpaired) electrons. The highest BCUT2D eigenvalue weighted by Crippen LogP contribution is 2.51. The van der Waals surface area contributed by atoms with Gasteiger partial charge in [-0.25, -0.2) is 4.79 Å². The lowest BCUT2D eigenvalue weighted by Crippen LogP contribution is -2.13. The maximum absolute atomic E-state index is 12.7. The van der Waals surface area contributed by atoms with Crippen molar-refractivity contribution in [3.05, 3.63) is 124 Å². The van der Waals surface area contributed by atoms with Gasteiger partial charge in [0.2, 0.25) is 0 Å². The minimum Gasteiger partial charge on any atom is -0.423 e. The molecule has 172 valence electrons. The summed E-state index contributed by atoms with van der Waals surface area (Å²) in [5.74, 6) is -0.205. The van der Waals surface area contributed by atoms with E-state index in [4.69, 9.17) is 4.42 Å². The smallest absolute Gasteiger partial charge is 0.356 e. The van der Waals surface area contributed by atoms with Gasteiger partial charge in [0, 0.05) is 22.9 Å². The van der Waals surface area contributed by atoms with E-state index in [0.29, 0.717) is 16.7 Å². The van der Waals surface area contributed by atoms with E-state index in [-0.39, 0.29) is 11.2 Å². The van der Waals surface area contributed by atoms with E-state index >= 15 is 0 Å². The SMILES string of the molecule is Cc1cc(=O)oc2cc(-c3c(C4c5ccccc5-c5ccccc54)cccc3P(=O)(O)O)ccc12. The molecule has 6 heteroatoms. The Hall–Kier alpha value is -3.76. The Morgan fingerprint density at radius 2 is 1.40 bits per heavy atom. The second-order valence-corrected chi connectivity index (χ2v) is 10.4. The lowest BCUT2D eigenvalue weighted by Gasteiger charge is -2.22. The Morgan fingerprint density at radius 3 is 2.06 bits per heavy atom. The molecular weight excluding hydrogens is 459 g/mol. The summed E-state index contributed by atoms with van der Waals surface area (Å²) in [6.45, 7) is 1.83. The standard InChI is InChI=1S/C29H21O5P/c1-17-15-27(30)34-25-16-18(13-14-19(17)25)28-24(11-6-12-26(28)35(31,32)33)29-22-9-4-2-7-20(22)21-8-3-5-10-23(21)29/h2-16,29H,1H3,(H2,31,32,33). The lowest BCUT2D eigenvalue weighted by atomic mass is 9.84. The molecule has 0 unspecified atom stereocenters. The molecule has 0 bridgehead atoms. The summed E-state index contributed by atoms with van der Waals surface area (Å²) in [5.41, 5.74) is 6.93.